The molecule has 1 aromatic heterocycles. The van der Waals surface area contributed by atoms with Crippen molar-refractivity contribution in [2.24, 2.45) is 0 Å². The van der Waals surface area contributed by atoms with Gasteiger partial charge in [-0.1, -0.05) is 11.8 Å². The lowest BCUT2D eigenvalue weighted by atomic mass is 10.1. The third-order valence-electron chi connectivity index (χ3n) is 2.54. The molecular weight excluding hydrogens is 260 g/mol. The van der Waals surface area contributed by atoms with Crippen molar-refractivity contribution in [3.8, 4) is 11.8 Å². The monoisotopic (exact) mass is 278 g/mol. The minimum atomic E-state index is -0.316. The Kier molecular flexibility index (Phi) is 7.29. The highest BCUT2D eigenvalue weighted by molar-refractivity contribution is 5.96. The first-order valence-corrected chi connectivity index (χ1v) is 6.29. The highest BCUT2D eigenvalue weighted by Gasteiger charge is 2.17. The second-order valence-electron chi connectivity index (χ2n) is 3.94. The molecule has 0 unspecified atom stereocenters. The maximum Gasteiger partial charge on any atom is 0.255 e. The van der Waals surface area contributed by atoms with Gasteiger partial charge in [-0.3, -0.25) is 9.78 Å². The normalized spacial score (nSPS) is 9.75. The van der Waals surface area contributed by atoms with Crippen LogP contribution in [0.15, 0.2) is 18.5 Å². The smallest absolute Gasteiger partial charge is 0.255 e. The van der Waals surface area contributed by atoms with Gasteiger partial charge in [0.1, 0.15) is 0 Å². The average molecular weight is 278 g/mol. The van der Waals surface area contributed by atoms with Crippen molar-refractivity contribution >= 4 is 5.91 Å². The fraction of sp³-hybridized carbons (Fsp3) is 0.429. The van der Waals surface area contributed by atoms with Gasteiger partial charge >= 0.3 is 0 Å². The van der Waals surface area contributed by atoms with Gasteiger partial charge < -0.3 is 20.2 Å². The summed E-state index contributed by atoms with van der Waals surface area (Å²) in [5, 5.41) is 26.6. The van der Waals surface area contributed by atoms with E-state index in [2.05, 4.69) is 16.8 Å². The van der Waals surface area contributed by atoms with E-state index in [0.717, 1.165) is 0 Å². The van der Waals surface area contributed by atoms with E-state index >= 15 is 0 Å². The van der Waals surface area contributed by atoms with Crippen LogP contribution in [-0.2, 0) is 0 Å². The summed E-state index contributed by atoms with van der Waals surface area (Å²) < 4.78 is 0. The van der Waals surface area contributed by atoms with E-state index in [-0.39, 0.29) is 38.8 Å². The lowest BCUT2D eigenvalue weighted by Crippen LogP contribution is -2.36. The van der Waals surface area contributed by atoms with E-state index in [1.807, 2.05) is 0 Å². The number of hydrogen-bond donors (Lipinski definition) is 3. The predicted molar refractivity (Wildman–Crippen MR) is 72.9 cm³/mol. The summed E-state index contributed by atoms with van der Waals surface area (Å²) in [6, 6.07) is 1.55. The van der Waals surface area contributed by atoms with Crippen molar-refractivity contribution in [2.75, 3.05) is 32.9 Å². The standard InChI is InChI=1S/C14H18N2O4/c17-8-2-1-3-12-11-15-5-4-13(12)14(20)16(6-9-18)7-10-19/h4-5,11,17-19H,2,6-10H2. The fourth-order valence-corrected chi connectivity index (χ4v) is 1.62. The van der Waals surface area contributed by atoms with Gasteiger partial charge in [-0.25, -0.2) is 0 Å². The van der Waals surface area contributed by atoms with Crippen LogP contribution in [0, 0.1) is 11.8 Å². The molecule has 0 saturated heterocycles. The molecule has 108 valence electrons. The number of aliphatic hydroxyl groups excluding tert-OH is 3. The van der Waals surface area contributed by atoms with Crippen LogP contribution in [0.25, 0.3) is 0 Å². The summed E-state index contributed by atoms with van der Waals surface area (Å²) in [6.45, 7) is -0.112. The molecule has 20 heavy (non-hydrogen) atoms. The average Bonchev–Trinajstić information content (AvgIpc) is 2.47. The van der Waals surface area contributed by atoms with Gasteiger partial charge in [0.2, 0.25) is 0 Å². The molecule has 6 heteroatoms. The number of aromatic nitrogens is 1. The maximum atomic E-state index is 12.3. The van der Waals surface area contributed by atoms with Crippen LogP contribution in [0.2, 0.25) is 0 Å². The molecule has 1 heterocycles. The molecule has 1 aromatic rings. The number of rotatable bonds is 6. The Balaban J connectivity index is 2.99. The summed E-state index contributed by atoms with van der Waals surface area (Å²) >= 11 is 0. The quantitative estimate of drug-likeness (QED) is 0.595. The molecule has 6 nitrogen and oxygen atoms in total. The van der Waals surface area contributed by atoms with Crippen LogP contribution in [-0.4, -0.2) is 64.0 Å². The van der Waals surface area contributed by atoms with Gasteiger partial charge in [0.25, 0.3) is 5.91 Å². The van der Waals surface area contributed by atoms with E-state index in [4.69, 9.17) is 15.3 Å². The third kappa shape index (κ3) is 4.63. The Bertz CT molecular complexity index is 487. The molecule has 1 rings (SSSR count). The third-order valence-corrected chi connectivity index (χ3v) is 2.54. The van der Waals surface area contributed by atoms with Gasteiger partial charge in [0.15, 0.2) is 0 Å². The molecule has 0 atom stereocenters. The van der Waals surface area contributed by atoms with Crippen molar-refractivity contribution in [2.45, 2.75) is 6.42 Å². The summed E-state index contributed by atoms with van der Waals surface area (Å²) in [5.74, 6) is 5.21. The summed E-state index contributed by atoms with van der Waals surface area (Å²) in [5.41, 5.74) is 0.833. The number of pyridine rings is 1. The zero-order valence-electron chi connectivity index (χ0n) is 11.1. The number of amides is 1. The van der Waals surface area contributed by atoms with Crippen molar-refractivity contribution in [1.29, 1.82) is 0 Å². The molecule has 0 radical (unpaired) electrons. The number of hydrogen-bond acceptors (Lipinski definition) is 5. The molecule has 0 fully saturated rings. The van der Waals surface area contributed by atoms with E-state index in [0.29, 0.717) is 17.5 Å². The number of carbonyl (C=O) groups is 1. The van der Waals surface area contributed by atoms with Gasteiger partial charge in [-0.15, -0.1) is 0 Å². The lowest BCUT2D eigenvalue weighted by molar-refractivity contribution is 0.0684. The minimum absolute atomic E-state index is 0.0440. The van der Waals surface area contributed by atoms with E-state index in [1.54, 1.807) is 6.07 Å². The largest absolute Gasteiger partial charge is 0.395 e. The molecule has 0 spiro atoms. The zero-order chi connectivity index (χ0) is 14.8. The van der Waals surface area contributed by atoms with E-state index in [9.17, 15) is 4.79 Å². The van der Waals surface area contributed by atoms with Crippen molar-refractivity contribution in [1.82, 2.24) is 9.88 Å². The number of aliphatic hydroxyl groups is 3. The second kappa shape index (κ2) is 9.04. The Morgan fingerprint density at radius 2 is 1.90 bits per heavy atom. The molecule has 0 aliphatic carbocycles. The Morgan fingerprint density at radius 1 is 1.20 bits per heavy atom. The van der Waals surface area contributed by atoms with Gasteiger partial charge in [0, 0.05) is 31.9 Å². The van der Waals surface area contributed by atoms with Crippen molar-refractivity contribution in [3.05, 3.63) is 29.6 Å². The highest BCUT2D eigenvalue weighted by atomic mass is 16.3. The first-order chi connectivity index (χ1) is 9.74. The molecular formula is C14H18N2O4. The lowest BCUT2D eigenvalue weighted by Gasteiger charge is -2.21. The Morgan fingerprint density at radius 3 is 2.50 bits per heavy atom. The molecule has 0 aliphatic heterocycles. The first kappa shape index (κ1) is 16.1. The predicted octanol–water partition coefficient (Wildman–Crippen LogP) is -0.758. The van der Waals surface area contributed by atoms with Crippen LogP contribution < -0.4 is 0 Å². The van der Waals surface area contributed by atoms with Crippen molar-refractivity contribution in [3.63, 3.8) is 0 Å². The van der Waals surface area contributed by atoms with Crippen LogP contribution in [0.1, 0.15) is 22.3 Å². The van der Waals surface area contributed by atoms with Crippen LogP contribution >= 0.6 is 0 Å². The molecule has 0 bridgehead atoms. The highest BCUT2D eigenvalue weighted by Crippen LogP contribution is 2.09. The second-order valence-corrected chi connectivity index (χ2v) is 3.94. The van der Waals surface area contributed by atoms with Crippen LogP contribution in [0.3, 0.4) is 0 Å². The van der Waals surface area contributed by atoms with Crippen LogP contribution in [0.5, 0.6) is 0 Å². The fourth-order valence-electron chi connectivity index (χ4n) is 1.62. The van der Waals surface area contributed by atoms with Gasteiger partial charge in [0.05, 0.1) is 30.9 Å². The summed E-state index contributed by atoms with van der Waals surface area (Å²) in [7, 11) is 0. The summed E-state index contributed by atoms with van der Waals surface area (Å²) in [4.78, 5) is 17.6. The topological polar surface area (TPSA) is 93.9 Å². The molecule has 1 amide bonds. The number of nitrogens with zero attached hydrogens (tertiary/aromatic N) is 2. The molecule has 3 N–H and O–H groups in total. The SMILES string of the molecule is O=C(c1ccncc1C#CCCO)N(CCO)CCO. The van der Waals surface area contributed by atoms with E-state index in [1.165, 1.54) is 17.3 Å². The van der Waals surface area contributed by atoms with E-state index < -0.39 is 0 Å². The zero-order valence-corrected chi connectivity index (χ0v) is 11.1. The van der Waals surface area contributed by atoms with Gasteiger partial charge in [-0.2, -0.15) is 0 Å². The molecule has 0 aromatic carbocycles. The first-order valence-electron chi connectivity index (χ1n) is 6.29. The summed E-state index contributed by atoms with van der Waals surface area (Å²) in [6.07, 6.45) is 3.29. The maximum absolute atomic E-state index is 12.3. The Hall–Kier alpha value is -1.94. The molecule has 0 aliphatic rings. The van der Waals surface area contributed by atoms with Gasteiger partial charge in [-0.05, 0) is 6.07 Å². The Labute approximate surface area is 117 Å². The van der Waals surface area contributed by atoms with Crippen molar-refractivity contribution < 1.29 is 20.1 Å². The van der Waals surface area contributed by atoms with Crippen LogP contribution in [0.4, 0.5) is 0 Å². The number of carbonyl (C=O) groups excluding carboxylic acids is 1. The molecule has 0 saturated carbocycles. The minimum Gasteiger partial charge on any atom is -0.395 e.